The van der Waals surface area contributed by atoms with Gasteiger partial charge in [0, 0.05) is 23.3 Å². The van der Waals surface area contributed by atoms with E-state index in [1.807, 2.05) is 78.7 Å². The molecule has 0 bridgehead atoms. The van der Waals surface area contributed by atoms with Crippen LogP contribution in [0.2, 0.25) is 5.02 Å². The summed E-state index contributed by atoms with van der Waals surface area (Å²) in [6.45, 7) is 0. The van der Waals surface area contributed by atoms with Gasteiger partial charge in [-0.1, -0.05) is 72.3 Å². The van der Waals surface area contributed by atoms with Crippen molar-refractivity contribution in [1.29, 1.82) is 0 Å². The van der Waals surface area contributed by atoms with Crippen molar-refractivity contribution in [3.8, 4) is 22.3 Å². The average Bonchev–Trinajstić information content (AvgIpc) is 2.97. The highest BCUT2D eigenvalue weighted by Gasteiger charge is 2.18. The van der Waals surface area contributed by atoms with Crippen LogP contribution < -0.4 is 4.90 Å². The van der Waals surface area contributed by atoms with Crippen molar-refractivity contribution < 1.29 is 14.7 Å². The number of pyridine rings is 1. The highest BCUT2D eigenvalue weighted by atomic mass is 35.5. The van der Waals surface area contributed by atoms with Gasteiger partial charge in [-0.3, -0.25) is 9.78 Å². The predicted molar refractivity (Wildman–Crippen MR) is 151 cm³/mol. The third kappa shape index (κ3) is 5.19. The predicted octanol–water partition coefficient (Wildman–Crippen LogP) is 7.77. The fraction of sp³-hybridized carbons (Fsp3) is 0.0312. The van der Waals surface area contributed by atoms with Gasteiger partial charge in [0.25, 0.3) is 0 Å². The molecule has 5 rings (SSSR count). The van der Waals surface area contributed by atoms with Gasteiger partial charge in [-0.05, 0) is 70.8 Å². The topological polar surface area (TPSA) is 70.5 Å². The zero-order valence-corrected chi connectivity index (χ0v) is 21.3. The van der Waals surface area contributed by atoms with Crippen molar-refractivity contribution in [2.24, 2.45) is 0 Å². The van der Waals surface area contributed by atoms with E-state index in [2.05, 4.69) is 4.98 Å². The second-order valence-corrected chi connectivity index (χ2v) is 9.21. The lowest BCUT2D eigenvalue weighted by Crippen LogP contribution is -2.11. The smallest absolute Gasteiger partial charge is 0.336 e. The van der Waals surface area contributed by atoms with Crippen LogP contribution in [-0.2, 0) is 0 Å². The minimum Gasteiger partial charge on any atom is -0.478 e. The van der Waals surface area contributed by atoms with Crippen LogP contribution in [0, 0.1) is 0 Å². The molecule has 0 aliphatic carbocycles. The van der Waals surface area contributed by atoms with E-state index >= 15 is 0 Å². The number of benzene rings is 4. The van der Waals surface area contributed by atoms with Gasteiger partial charge in [-0.25, -0.2) is 4.79 Å². The summed E-state index contributed by atoms with van der Waals surface area (Å²) in [6, 6.07) is 33.2. The van der Waals surface area contributed by atoms with Gasteiger partial charge in [0.05, 0.1) is 17.4 Å². The maximum Gasteiger partial charge on any atom is 0.336 e. The summed E-state index contributed by atoms with van der Waals surface area (Å²) in [5.41, 5.74) is 5.58. The Morgan fingerprint density at radius 2 is 1.42 bits per heavy atom. The Kier molecular flexibility index (Phi) is 7.03. The van der Waals surface area contributed by atoms with Crippen LogP contribution in [0.5, 0.6) is 0 Å². The number of aromatic carboxylic acids is 1. The molecule has 0 saturated carbocycles. The van der Waals surface area contributed by atoms with Crippen LogP contribution in [-0.4, -0.2) is 28.9 Å². The monoisotopic (exact) mass is 518 g/mol. The molecule has 0 fully saturated rings. The van der Waals surface area contributed by atoms with E-state index < -0.39 is 5.97 Å². The highest BCUT2D eigenvalue weighted by Crippen LogP contribution is 2.30. The zero-order chi connectivity index (χ0) is 26.6. The minimum atomic E-state index is -1.10. The quantitative estimate of drug-likeness (QED) is 0.223. The number of nitrogens with zero attached hydrogens (tertiary/aromatic N) is 2. The largest absolute Gasteiger partial charge is 0.478 e. The van der Waals surface area contributed by atoms with Crippen molar-refractivity contribution in [2.75, 3.05) is 11.9 Å². The molecule has 6 heteroatoms. The van der Waals surface area contributed by atoms with E-state index in [1.54, 1.807) is 42.6 Å². The molecule has 38 heavy (non-hydrogen) atoms. The number of rotatable bonds is 7. The number of hydrogen-bond donors (Lipinski definition) is 1. The van der Waals surface area contributed by atoms with E-state index in [1.165, 1.54) is 6.07 Å². The van der Waals surface area contributed by atoms with Crippen LogP contribution >= 0.6 is 11.6 Å². The van der Waals surface area contributed by atoms with E-state index in [9.17, 15) is 14.7 Å². The number of carbonyl (C=O) groups is 2. The van der Waals surface area contributed by atoms with Gasteiger partial charge in [0.2, 0.25) is 5.78 Å². The number of halogens is 1. The molecule has 0 saturated heterocycles. The first kappa shape index (κ1) is 24.9. The van der Waals surface area contributed by atoms with Gasteiger partial charge < -0.3 is 10.0 Å². The lowest BCUT2D eigenvalue weighted by molar-refractivity contribution is 0.0697. The van der Waals surface area contributed by atoms with Gasteiger partial charge in [0.15, 0.2) is 0 Å². The maximum absolute atomic E-state index is 13.2. The molecule has 1 aromatic heterocycles. The molecule has 0 aliphatic rings. The molecule has 5 nitrogen and oxygen atoms in total. The highest BCUT2D eigenvalue weighted by molar-refractivity contribution is 6.30. The fourth-order valence-electron chi connectivity index (χ4n) is 4.29. The molecule has 1 N–H and O–H groups in total. The first-order valence-electron chi connectivity index (χ1n) is 11.9. The Morgan fingerprint density at radius 3 is 2.11 bits per heavy atom. The molecule has 0 radical (unpaired) electrons. The first-order chi connectivity index (χ1) is 18.4. The van der Waals surface area contributed by atoms with Crippen molar-refractivity contribution in [1.82, 2.24) is 4.98 Å². The Hall–Kier alpha value is -4.74. The number of carboxylic acid groups (broad SMARTS) is 1. The average molecular weight is 519 g/mol. The molecule has 5 aromatic rings. The molecule has 0 spiro atoms. The first-order valence-corrected chi connectivity index (χ1v) is 12.3. The third-order valence-electron chi connectivity index (χ3n) is 6.37. The number of ketones is 1. The lowest BCUT2D eigenvalue weighted by atomic mass is 9.93. The second-order valence-electron chi connectivity index (χ2n) is 8.78. The summed E-state index contributed by atoms with van der Waals surface area (Å²) in [4.78, 5) is 31.7. The van der Waals surface area contributed by atoms with Crippen LogP contribution in [0.1, 0.15) is 26.4 Å². The fourth-order valence-corrected chi connectivity index (χ4v) is 4.42. The summed E-state index contributed by atoms with van der Waals surface area (Å²) in [7, 11) is 1.90. The SMILES string of the molecule is CN(c1ccc(Cl)cc1)c1ccc(C(=O)c2ccc(-c3cccc(-c4ccccc4)c3)c(C(=O)O)c2)nc1. The number of aromatic nitrogens is 1. The molecule has 0 atom stereocenters. The van der Waals surface area contributed by atoms with E-state index in [0.29, 0.717) is 10.6 Å². The number of carbonyl (C=O) groups excluding carboxylic acids is 1. The van der Waals surface area contributed by atoms with Crippen LogP contribution in [0.25, 0.3) is 22.3 Å². The molecule has 186 valence electrons. The van der Waals surface area contributed by atoms with Crippen LogP contribution in [0.15, 0.2) is 115 Å². The minimum absolute atomic E-state index is 0.0557. The maximum atomic E-state index is 13.2. The summed E-state index contributed by atoms with van der Waals surface area (Å²) < 4.78 is 0. The summed E-state index contributed by atoms with van der Waals surface area (Å²) in [5, 5.41) is 10.6. The Bertz CT molecular complexity index is 1620. The lowest BCUT2D eigenvalue weighted by Gasteiger charge is -2.19. The van der Waals surface area contributed by atoms with Crippen molar-refractivity contribution in [2.45, 2.75) is 0 Å². The Morgan fingerprint density at radius 1 is 0.737 bits per heavy atom. The Balaban J connectivity index is 1.43. The molecular weight excluding hydrogens is 496 g/mol. The summed E-state index contributed by atoms with van der Waals surface area (Å²) >= 11 is 5.98. The standard InChI is InChI=1S/C32H23ClN2O3/c1-35(26-13-11-25(33)12-14-26)27-15-17-30(34-20-27)31(36)24-10-16-28(29(19-24)32(37)38)23-9-5-8-22(18-23)21-6-3-2-4-7-21/h2-20H,1H3,(H,37,38). The van der Waals surface area contributed by atoms with E-state index in [0.717, 1.165) is 28.1 Å². The van der Waals surface area contributed by atoms with Crippen LogP contribution in [0.4, 0.5) is 11.4 Å². The van der Waals surface area contributed by atoms with E-state index in [-0.39, 0.29) is 22.6 Å². The number of anilines is 2. The molecule has 1 heterocycles. The number of hydrogen-bond acceptors (Lipinski definition) is 4. The second kappa shape index (κ2) is 10.7. The Labute approximate surface area is 225 Å². The van der Waals surface area contributed by atoms with Crippen molar-refractivity contribution >= 4 is 34.7 Å². The molecule has 0 aliphatic heterocycles. The molecule has 0 unspecified atom stereocenters. The van der Waals surface area contributed by atoms with Crippen molar-refractivity contribution in [3.05, 3.63) is 137 Å². The molecular formula is C32H23ClN2O3. The van der Waals surface area contributed by atoms with Gasteiger partial charge in [-0.15, -0.1) is 0 Å². The van der Waals surface area contributed by atoms with Gasteiger partial charge >= 0.3 is 5.97 Å². The molecule has 0 amide bonds. The zero-order valence-electron chi connectivity index (χ0n) is 20.5. The normalized spacial score (nSPS) is 10.7. The van der Waals surface area contributed by atoms with Gasteiger partial charge in [-0.2, -0.15) is 0 Å². The summed E-state index contributed by atoms with van der Waals surface area (Å²) in [5.74, 6) is -1.45. The van der Waals surface area contributed by atoms with Gasteiger partial charge in [0.1, 0.15) is 5.69 Å². The third-order valence-corrected chi connectivity index (χ3v) is 6.63. The molecule has 4 aromatic carbocycles. The van der Waals surface area contributed by atoms with Crippen molar-refractivity contribution in [3.63, 3.8) is 0 Å². The summed E-state index contributed by atoms with van der Waals surface area (Å²) in [6.07, 6.45) is 1.61. The van der Waals surface area contributed by atoms with Crippen LogP contribution in [0.3, 0.4) is 0 Å². The van der Waals surface area contributed by atoms with E-state index in [4.69, 9.17) is 11.6 Å². The number of carboxylic acids is 1.